The number of phenolic OH excluding ortho intramolecular Hbond substituents is 1. The van der Waals surface area contributed by atoms with Crippen molar-refractivity contribution in [2.45, 2.75) is 37.4 Å². The predicted molar refractivity (Wildman–Crippen MR) is 106 cm³/mol. The van der Waals surface area contributed by atoms with Crippen LogP contribution < -0.4 is 9.47 Å². The standard InChI is InChI=1S/C23H26N2O3/c26-19-4-2-1-3-17(19)12-25-13-18(16-5-6-20-21(11-16)28-14-27-20)23-22(25)15-7-9-24(23)10-8-15/h1-6,11,15,18,22-23,26H,7-10,12-14H2/t18-,22+,23+/m0/s1. The minimum absolute atomic E-state index is 0.323. The van der Waals surface area contributed by atoms with Gasteiger partial charge in [-0.25, -0.2) is 0 Å². The quantitative estimate of drug-likeness (QED) is 0.889. The Hall–Kier alpha value is -2.24. The van der Waals surface area contributed by atoms with E-state index in [1.165, 1.54) is 31.5 Å². The minimum Gasteiger partial charge on any atom is -0.508 e. The molecule has 0 spiro atoms. The van der Waals surface area contributed by atoms with Crippen molar-refractivity contribution in [3.05, 3.63) is 53.6 Å². The van der Waals surface area contributed by atoms with Gasteiger partial charge in [0.1, 0.15) is 5.75 Å². The van der Waals surface area contributed by atoms with Crippen LogP contribution in [0.5, 0.6) is 17.2 Å². The van der Waals surface area contributed by atoms with Gasteiger partial charge in [-0.2, -0.15) is 0 Å². The SMILES string of the molecule is Oc1ccccc1CN1C[C@@H](c2ccc3c(c2)OCO3)[C@@H]2[C@H]1C1CCN2CC1. The van der Waals surface area contributed by atoms with E-state index >= 15 is 0 Å². The maximum atomic E-state index is 10.3. The Morgan fingerprint density at radius 2 is 1.79 bits per heavy atom. The van der Waals surface area contributed by atoms with E-state index in [4.69, 9.17) is 9.47 Å². The van der Waals surface area contributed by atoms with Crippen molar-refractivity contribution in [1.29, 1.82) is 0 Å². The largest absolute Gasteiger partial charge is 0.508 e. The van der Waals surface area contributed by atoms with E-state index in [1.54, 1.807) is 6.07 Å². The van der Waals surface area contributed by atoms with E-state index < -0.39 is 0 Å². The van der Waals surface area contributed by atoms with Crippen molar-refractivity contribution in [1.82, 2.24) is 9.80 Å². The second kappa shape index (κ2) is 6.39. The average Bonchev–Trinajstić information content (AvgIpc) is 3.36. The summed E-state index contributed by atoms with van der Waals surface area (Å²) in [5, 5.41) is 10.3. The van der Waals surface area contributed by atoms with Gasteiger partial charge in [0.25, 0.3) is 0 Å². The summed E-state index contributed by atoms with van der Waals surface area (Å²) in [5.41, 5.74) is 2.38. The van der Waals surface area contributed by atoms with Gasteiger partial charge >= 0.3 is 0 Å². The molecule has 7 rings (SSSR count). The lowest BCUT2D eigenvalue weighted by atomic mass is 9.75. The van der Waals surface area contributed by atoms with Gasteiger partial charge in [-0.3, -0.25) is 9.80 Å². The van der Waals surface area contributed by atoms with E-state index in [0.717, 1.165) is 36.1 Å². The molecule has 2 aromatic rings. The molecule has 3 atom stereocenters. The van der Waals surface area contributed by atoms with Crippen molar-refractivity contribution in [3.8, 4) is 17.2 Å². The normalized spacial score (nSPS) is 33.2. The number of ether oxygens (including phenoxy) is 2. The maximum absolute atomic E-state index is 10.3. The first-order chi connectivity index (χ1) is 13.8. The molecule has 0 saturated carbocycles. The molecular weight excluding hydrogens is 352 g/mol. The fourth-order valence-corrected chi connectivity index (χ4v) is 6.02. The van der Waals surface area contributed by atoms with Crippen LogP contribution in [0.15, 0.2) is 42.5 Å². The number of nitrogens with zero attached hydrogens (tertiary/aromatic N) is 2. The smallest absolute Gasteiger partial charge is 0.231 e. The highest BCUT2D eigenvalue weighted by molar-refractivity contribution is 5.46. The molecule has 28 heavy (non-hydrogen) atoms. The fraction of sp³-hybridized carbons (Fsp3) is 0.478. The summed E-state index contributed by atoms with van der Waals surface area (Å²) in [5.74, 6) is 3.37. The predicted octanol–water partition coefficient (Wildman–Crippen LogP) is 3.18. The van der Waals surface area contributed by atoms with Crippen LogP contribution in [-0.4, -0.2) is 53.4 Å². The van der Waals surface area contributed by atoms with E-state index in [1.807, 2.05) is 12.1 Å². The van der Waals surface area contributed by atoms with Crippen molar-refractivity contribution in [3.63, 3.8) is 0 Å². The van der Waals surface area contributed by atoms with Crippen molar-refractivity contribution in [2.24, 2.45) is 5.92 Å². The highest BCUT2D eigenvalue weighted by Crippen LogP contribution is 2.48. The molecule has 0 amide bonds. The Morgan fingerprint density at radius 1 is 0.964 bits per heavy atom. The van der Waals surface area contributed by atoms with Gasteiger partial charge in [-0.15, -0.1) is 0 Å². The van der Waals surface area contributed by atoms with E-state index in [2.05, 4.69) is 34.1 Å². The first kappa shape index (κ1) is 16.7. The number of likely N-dealkylation sites (tertiary alicyclic amines) is 1. The molecule has 0 aromatic heterocycles. The van der Waals surface area contributed by atoms with E-state index in [9.17, 15) is 5.11 Å². The van der Waals surface area contributed by atoms with Gasteiger partial charge < -0.3 is 14.6 Å². The summed E-state index contributed by atoms with van der Waals surface area (Å²) in [6.07, 6.45) is 2.60. The van der Waals surface area contributed by atoms with Gasteiger partial charge in [-0.1, -0.05) is 24.3 Å². The van der Waals surface area contributed by atoms with Gasteiger partial charge in [0.2, 0.25) is 6.79 Å². The number of rotatable bonds is 3. The average molecular weight is 378 g/mol. The Morgan fingerprint density at radius 3 is 2.64 bits per heavy atom. The molecular formula is C23H26N2O3. The molecule has 2 aromatic carbocycles. The van der Waals surface area contributed by atoms with Crippen molar-refractivity contribution >= 4 is 0 Å². The molecule has 0 unspecified atom stereocenters. The minimum atomic E-state index is 0.323. The second-order valence-electron chi connectivity index (χ2n) is 8.63. The molecule has 5 aliphatic heterocycles. The van der Waals surface area contributed by atoms with Crippen LogP contribution >= 0.6 is 0 Å². The lowest BCUT2D eigenvalue weighted by Gasteiger charge is -2.51. The Labute approximate surface area is 165 Å². The highest BCUT2D eigenvalue weighted by atomic mass is 16.7. The molecule has 4 fully saturated rings. The summed E-state index contributed by atoms with van der Waals surface area (Å²) in [6, 6.07) is 15.4. The molecule has 5 aliphatic rings. The summed E-state index contributed by atoms with van der Waals surface area (Å²) >= 11 is 0. The number of aromatic hydroxyl groups is 1. The molecule has 5 heteroatoms. The molecule has 1 N–H and O–H groups in total. The highest BCUT2D eigenvalue weighted by Gasteiger charge is 2.53. The van der Waals surface area contributed by atoms with Crippen molar-refractivity contribution < 1.29 is 14.6 Å². The van der Waals surface area contributed by atoms with Gasteiger partial charge in [0, 0.05) is 36.7 Å². The second-order valence-corrected chi connectivity index (χ2v) is 8.63. The Balaban J connectivity index is 1.35. The number of para-hydroxylation sites is 1. The maximum Gasteiger partial charge on any atom is 0.231 e. The zero-order valence-electron chi connectivity index (χ0n) is 16.0. The Kier molecular flexibility index (Phi) is 3.81. The summed E-state index contributed by atoms with van der Waals surface area (Å²) in [7, 11) is 0. The van der Waals surface area contributed by atoms with Gasteiger partial charge in [0.15, 0.2) is 11.5 Å². The number of piperidine rings is 3. The van der Waals surface area contributed by atoms with E-state index in [-0.39, 0.29) is 0 Å². The monoisotopic (exact) mass is 378 g/mol. The number of phenols is 1. The molecule has 146 valence electrons. The van der Waals surface area contributed by atoms with Crippen LogP contribution in [0.2, 0.25) is 0 Å². The topological polar surface area (TPSA) is 45.2 Å². The third-order valence-electron chi connectivity index (χ3n) is 7.28. The van der Waals surface area contributed by atoms with Crippen LogP contribution in [0, 0.1) is 5.92 Å². The lowest BCUT2D eigenvalue weighted by Crippen LogP contribution is -2.59. The molecule has 0 aliphatic carbocycles. The number of hydrogen-bond acceptors (Lipinski definition) is 5. The lowest BCUT2D eigenvalue weighted by molar-refractivity contribution is -0.00883. The number of fused-ring (bicyclic) bond motifs is 3. The van der Waals surface area contributed by atoms with Crippen LogP contribution in [0.1, 0.15) is 29.9 Å². The van der Waals surface area contributed by atoms with E-state index in [0.29, 0.717) is 30.5 Å². The van der Waals surface area contributed by atoms with Gasteiger partial charge in [0.05, 0.1) is 0 Å². The zero-order valence-corrected chi connectivity index (χ0v) is 16.0. The number of benzene rings is 2. The summed E-state index contributed by atoms with van der Waals surface area (Å²) in [6.45, 7) is 4.60. The van der Waals surface area contributed by atoms with Crippen LogP contribution in [0.3, 0.4) is 0 Å². The fourth-order valence-electron chi connectivity index (χ4n) is 6.02. The first-order valence-electron chi connectivity index (χ1n) is 10.4. The van der Waals surface area contributed by atoms with Crippen LogP contribution in [0.4, 0.5) is 0 Å². The third kappa shape index (κ3) is 2.53. The Bertz CT molecular complexity index is 893. The third-order valence-corrected chi connectivity index (χ3v) is 7.28. The van der Waals surface area contributed by atoms with Crippen LogP contribution in [-0.2, 0) is 6.54 Å². The molecule has 5 heterocycles. The number of hydrogen-bond donors (Lipinski definition) is 1. The summed E-state index contributed by atoms with van der Waals surface area (Å²) < 4.78 is 11.2. The van der Waals surface area contributed by atoms with Gasteiger partial charge in [-0.05, 0) is 55.6 Å². The molecule has 0 radical (unpaired) electrons. The first-order valence-corrected chi connectivity index (χ1v) is 10.4. The van der Waals surface area contributed by atoms with Crippen molar-refractivity contribution in [2.75, 3.05) is 26.4 Å². The molecule has 4 saturated heterocycles. The zero-order chi connectivity index (χ0) is 18.7. The molecule has 2 bridgehead atoms. The van der Waals surface area contributed by atoms with Crippen LogP contribution in [0.25, 0.3) is 0 Å². The summed E-state index contributed by atoms with van der Waals surface area (Å²) in [4.78, 5) is 5.34. The molecule has 5 nitrogen and oxygen atoms in total.